The summed E-state index contributed by atoms with van der Waals surface area (Å²) in [6, 6.07) is 14.2. The fraction of sp³-hybridized carbons (Fsp3) is 0.263. The summed E-state index contributed by atoms with van der Waals surface area (Å²) < 4.78 is 0.827. The molecule has 8 heteroatoms. The summed E-state index contributed by atoms with van der Waals surface area (Å²) in [5, 5.41) is 3.38. The fourth-order valence-electron chi connectivity index (χ4n) is 2.68. The standard InChI is InChI=1S/C19H22ClN5S.HI/c1-21-19(22-11-10-15-8-9-17(20)26-15)25(2)13-18-23-12-16(24-18)14-6-4-3-5-7-14;/h3-9,12H,10-11,13H2,1-2H3,(H,21,22)(H,23,24);1H. The van der Waals surface area contributed by atoms with Gasteiger partial charge in [-0.2, -0.15) is 0 Å². The van der Waals surface area contributed by atoms with E-state index in [9.17, 15) is 0 Å². The van der Waals surface area contributed by atoms with Gasteiger partial charge in [0.1, 0.15) is 5.82 Å². The van der Waals surface area contributed by atoms with Crippen molar-refractivity contribution in [1.82, 2.24) is 20.2 Å². The lowest BCUT2D eigenvalue weighted by atomic mass is 10.2. The van der Waals surface area contributed by atoms with Crippen LogP contribution in [-0.2, 0) is 13.0 Å². The van der Waals surface area contributed by atoms with E-state index in [1.165, 1.54) is 4.88 Å². The van der Waals surface area contributed by atoms with E-state index in [0.717, 1.165) is 40.3 Å². The van der Waals surface area contributed by atoms with Crippen LogP contribution in [0.2, 0.25) is 4.34 Å². The number of aliphatic imine (C=N–C) groups is 1. The van der Waals surface area contributed by atoms with Crippen LogP contribution in [0.4, 0.5) is 0 Å². The van der Waals surface area contributed by atoms with Crippen molar-refractivity contribution >= 4 is 52.9 Å². The number of imidazole rings is 1. The van der Waals surface area contributed by atoms with Gasteiger partial charge in [-0.1, -0.05) is 41.9 Å². The zero-order valence-corrected chi connectivity index (χ0v) is 19.2. The van der Waals surface area contributed by atoms with E-state index in [1.807, 2.05) is 37.5 Å². The first-order valence-corrected chi connectivity index (χ1v) is 9.60. The number of H-pyrrole nitrogens is 1. The minimum atomic E-state index is 0. The molecule has 3 aromatic rings. The smallest absolute Gasteiger partial charge is 0.193 e. The van der Waals surface area contributed by atoms with Crippen LogP contribution in [0.15, 0.2) is 53.7 Å². The molecule has 144 valence electrons. The highest BCUT2D eigenvalue weighted by Gasteiger charge is 2.10. The minimum absolute atomic E-state index is 0. The van der Waals surface area contributed by atoms with Gasteiger partial charge in [0.15, 0.2) is 5.96 Å². The Balaban J connectivity index is 0.00000261. The third-order valence-electron chi connectivity index (χ3n) is 3.96. The summed E-state index contributed by atoms with van der Waals surface area (Å²) in [4.78, 5) is 15.5. The molecule has 0 spiro atoms. The van der Waals surface area contributed by atoms with Crippen LogP contribution in [-0.4, -0.2) is 41.5 Å². The highest BCUT2D eigenvalue weighted by atomic mass is 127. The number of halogens is 2. The Labute approximate surface area is 185 Å². The maximum Gasteiger partial charge on any atom is 0.193 e. The van der Waals surface area contributed by atoms with Crippen LogP contribution in [0.1, 0.15) is 10.7 Å². The fourth-order valence-corrected chi connectivity index (χ4v) is 3.76. The van der Waals surface area contributed by atoms with Gasteiger partial charge in [-0.15, -0.1) is 35.3 Å². The van der Waals surface area contributed by atoms with Crippen molar-refractivity contribution in [1.29, 1.82) is 0 Å². The Bertz CT molecular complexity index is 862. The van der Waals surface area contributed by atoms with E-state index in [4.69, 9.17) is 11.6 Å². The first-order valence-electron chi connectivity index (χ1n) is 8.41. The van der Waals surface area contributed by atoms with Gasteiger partial charge in [0.25, 0.3) is 0 Å². The van der Waals surface area contributed by atoms with Gasteiger partial charge in [0, 0.05) is 25.5 Å². The number of benzene rings is 1. The molecule has 2 heterocycles. The zero-order chi connectivity index (χ0) is 18.4. The van der Waals surface area contributed by atoms with Crippen molar-refractivity contribution in [3.05, 3.63) is 63.7 Å². The van der Waals surface area contributed by atoms with Crippen LogP contribution in [0, 0.1) is 0 Å². The molecule has 0 unspecified atom stereocenters. The van der Waals surface area contributed by atoms with Crippen LogP contribution in [0.25, 0.3) is 11.3 Å². The lowest BCUT2D eigenvalue weighted by Crippen LogP contribution is -2.39. The van der Waals surface area contributed by atoms with E-state index >= 15 is 0 Å². The average Bonchev–Trinajstić information content (AvgIpc) is 3.28. The second-order valence-electron chi connectivity index (χ2n) is 5.90. The summed E-state index contributed by atoms with van der Waals surface area (Å²) in [7, 11) is 3.79. The predicted octanol–water partition coefficient (Wildman–Crippen LogP) is 4.66. The van der Waals surface area contributed by atoms with Gasteiger partial charge in [0.05, 0.1) is 22.8 Å². The Kier molecular flexibility index (Phi) is 8.59. The molecule has 0 atom stereocenters. The first kappa shape index (κ1) is 21.7. The lowest BCUT2D eigenvalue weighted by molar-refractivity contribution is 0.464. The highest BCUT2D eigenvalue weighted by molar-refractivity contribution is 14.0. The Morgan fingerprint density at radius 3 is 2.70 bits per heavy atom. The van der Waals surface area contributed by atoms with Crippen molar-refractivity contribution < 1.29 is 0 Å². The molecule has 5 nitrogen and oxygen atoms in total. The number of aromatic amines is 1. The average molecular weight is 516 g/mol. The maximum atomic E-state index is 5.97. The largest absolute Gasteiger partial charge is 0.356 e. The molecule has 0 fully saturated rings. The molecule has 3 rings (SSSR count). The summed E-state index contributed by atoms with van der Waals surface area (Å²) in [5.41, 5.74) is 2.15. The highest BCUT2D eigenvalue weighted by Crippen LogP contribution is 2.21. The maximum absolute atomic E-state index is 5.97. The minimum Gasteiger partial charge on any atom is -0.356 e. The van der Waals surface area contributed by atoms with Crippen LogP contribution in [0.5, 0.6) is 0 Å². The number of aromatic nitrogens is 2. The van der Waals surface area contributed by atoms with E-state index in [0.29, 0.717) is 6.54 Å². The Hall–Kier alpha value is -1.58. The number of hydrogen-bond acceptors (Lipinski definition) is 3. The molecular formula is C19H23ClIN5S. The van der Waals surface area contributed by atoms with Gasteiger partial charge in [0.2, 0.25) is 0 Å². The van der Waals surface area contributed by atoms with Crippen molar-refractivity contribution in [2.75, 3.05) is 20.6 Å². The topological polar surface area (TPSA) is 56.3 Å². The van der Waals surface area contributed by atoms with E-state index in [1.54, 1.807) is 18.4 Å². The molecule has 0 radical (unpaired) electrons. The molecule has 0 aliphatic rings. The molecule has 2 N–H and O–H groups in total. The predicted molar refractivity (Wildman–Crippen MR) is 125 cm³/mol. The molecule has 0 aliphatic heterocycles. The molecular weight excluding hydrogens is 493 g/mol. The van der Waals surface area contributed by atoms with Crippen LogP contribution < -0.4 is 5.32 Å². The third-order valence-corrected chi connectivity index (χ3v) is 5.25. The Morgan fingerprint density at radius 2 is 2.04 bits per heavy atom. The van der Waals surface area contributed by atoms with E-state index in [2.05, 4.69) is 43.4 Å². The first-order chi connectivity index (χ1) is 12.7. The molecule has 0 amide bonds. The molecule has 2 aromatic heterocycles. The monoisotopic (exact) mass is 515 g/mol. The summed E-state index contributed by atoms with van der Waals surface area (Å²) >= 11 is 7.59. The number of guanidine groups is 1. The van der Waals surface area contributed by atoms with Crippen molar-refractivity contribution in [3.63, 3.8) is 0 Å². The van der Waals surface area contributed by atoms with Gasteiger partial charge in [-0.25, -0.2) is 4.98 Å². The number of nitrogens with one attached hydrogen (secondary N) is 2. The number of rotatable bonds is 6. The van der Waals surface area contributed by atoms with E-state index < -0.39 is 0 Å². The summed E-state index contributed by atoms with van der Waals surface area (Å²) in [6.07, 6.45) is 2.79. The number of thiophene rings is 1. The number of nitrogens with zero attached hydrogens (tertiary/aromatic N) is 3. The van der Waals surface area contributed by atoms with Gasteiger partial charge < -0.3 is 15.2 Å². The molecule has 0 bridgehead atoms. The lowest BCUT2D eigenvalue weighted by Gasteiger charge is -2.21. The molecule has 0 aliphatic carbocycles. The molecule has 1 aromatic carbocycles. The van der Waals surface area contributed by atoms with E-state index in [-0.39, 0.29) is 24.0 Å². The molecule has 0 saturated heterocycles. The molecule has 27 heavy (non-hydrogen) atoms. The molecule has 0 saturated carbocycles. The second-order valence-corrected chi connectivity index (χ2v) is 7.70. The Morgan fingerprint density at radius 1 is 1.26 bits per heavy atom. The summed E-state index contributed by atoms with van der Waals surface area (Å²) in [6.45, 7) is 1.46. The third kappa shape index (κ3) is 6.22. The van der Waals surface area contributed by atoms with Crippen molar-refractivity contribution in [2.45, 2.75) is 13.0 Å². The number of hydrogen-bond donors (Lipinski definition) is 2. The SMILES string of the molecule is CN=C(NCCc1ccc(Cl)s1)N(C)Cc1ncc(-c2ccccc2)[nH]1.I. The van der Waals surface area contributed by atoms with Crippen molar-refractivity contribution in [2.24, 2.45) is 4.99 Å². The zero-order valence-electron chi connectivity index (χ0n) is 15.3. The van der Waals surface area contributed by atoms with Gasteiger partial charge in [-0.3, -0.25) is 4.99 Å². The van der Waals surface area contributed by atoms with Crippen LogP contribution >= 0.6 is 46.9 Å². The second kappa shape index (κ2) is 10.7. The summed E-state index contributed by atoms with van der Waals surface area (Å²) in [5.74, 6) is 1.74. The quantitative estimate of drug-likeness (QED) is 0.285. The van der Waals surface area contributed by atoms with Crippen LogP contribution in [0.3, 0.4) is 0 Å². The normalized spacial score (nSPS) is 11.1. The van der Waals surface area contributed by atoms with Gasteiger partial charge in [-0.05, 0) is 24.1 Å². The van der Waals surface area contributed by atoms with Gasteiger partial charge >= 0.3 is 0 Å². The van der Waals surface area contributed by atoms with Crippen molar-refractivity contribution in [3.8, 4) is 11.3 Å².